The minimum Gasteiger partial charge on any atom is -0.458 e. The zero-order chi connectivity index (χ0) is 16.6. The van der Waals surface area contributed by atoms with Crippen molar-refractivity contribution in [1.29, 1.82) is 0 Å². The molecule has 0 unspecified atom stereocenters. The second-order valence-corrected chi connectivity index (χ2v) is 5.33. The molecule has 2 rings (SSSR count). The van der Waals surface area contributed by atoms with Gasteiger partial charge in [0.05, 0.1) is 12.0 Å². The number of hydrogen-bond donors (Lipinski definition) is 1. The number of ether oxygens (including phenoxy) is 3. The van der Waals surface area contributed by atoms with Crippen LogP contribution >= 0.6 is 0 Å². The van der Waals surface area contributed by atoms with Crippen molar-refractivity contribution in [1.82, 2.24) is 5.06 Å². The van der Waals surface area contributed by atoms with Crippen LogP contribution in [0.1, 0.15) is 20.8 Å². The van der Waals surface area contributed by atoms with Crippen molar-refractivity contribution in [3.63, 3.8) is 0 Å². The summed E-state index contributed by atoms with van der Waals surface area (Å²) < 4.78 is 15.6. The van der Waals surface area contributed by atoms with Crippen LogP contribution in [0.3, 0.4) is 0 Å². The Balaban J connectivity index is 2.37. The summed E-state index contributed by atoms with van der Waals surface area (Å²) in [5, 5.41) is 11.3. The van der Waals surface area contributed by atoms with Crippen LogP contribution in [0, 0.1) is 5.92 Å². The summed E-state index contributed by atoms with van der Waals surface area (Å²) in [6, 6.07) is -0.604. The van der Waals surface area contributed by atoms with Gasteiger partial charge in [-0.15, -0.1) is 0 Å². The van der Waals surface area contributed by atoms with E-state index in [0.29, 0.717) is 0 Å². The average molecular weight is 317 g/mol. The third kappa shape index (κ3) is 3.06. The summed E-state index contributed by atoms with van der Waals surface area (Å²) in [4.78, 5) is 39.2. The van der Waals surface area contributed by atoms with Crippen molar-refractivity contribution in [3.05, 3.63) is 0 Å². The minimum absolute atomic E-state index is 0.584. The summed E-state index contributed by atoms with van der Waals surface area (Å²) in [5.41, 5.74) is 0. The third-order valence-electron chi connectivity index (χ3n) is 3.69. The number of likely N-dealkylation sites (N-methyl/N-ethyl adjacent to an activating group) is 1. The SMILES string of the molecule is CC(=O)O[C@@H]1[C@@H](OC(C)=O)[C@H]2[C@@H]([C@H]1OC(C)=O)[C@H](O)ON2C. The molecule has 1 aliphatic heterocycles. The Morgan fingerprint density at radius 3 is 1.86 bits per heavy atom. The highest BCUT2D eigenvalue weighted by atomic mass is 16.8. The smallest absolute Gasteiger partial charge is 0.303 e. The van der Waals surface area contributed by atoms with Crippen molar-refractivity contribution in [2.45, 2.75) is 51.4 Å². The molecule has 22 heavy (non-hydrogen) atoms. The number of esters is 3. The molecule has 1 aliphatic carbocycles. The van der Waals surface area contributed by atoms with Crippen molar-refractivity contribution in [2.75, 3.05) is 7.05 Å². The van der Waals surface area contributed by atoms with Crippen LogP contribution in [0.5, 0.6) is 0 Å². The van der Waals surface area contributed by atoms with Gasteiger partial charge in [-0.05, 0) is 0 Å². The molecule has 124 valence electrons. The number of carbonyl (C=O) groups excluding carboxylic acids is 3. The van der Waals surface area contributed by atoms with E-state index in [4.69, 9.17) is 19.0 Å². The fourth-order valence-corrected chi connectivity index (χ4v) is 3.10. The molecule has 1 saturated carbocycles. The molecule has 1 N–H and O–H groups in total. The highest BCUT2D eigenvalue weighted by molar-refractivity contribution is 5.68. The summed E-state index contributed by atoms with van der Waals surface area (Å²) in [6.45, 7) is 3.61. The number of rotatable bonds is 3. The molecule has 1 heterocycles. The molecule has 9 nitrogen and oxygen atoms in total. The van der Waals surface area contributed by atoms with Gasteiger partial charge < -0.3 is 19.3 Å². The maximum atomic E-state index is 11.3. The summed E-state index contributed by atoms with van der Waals surface area (Å²) >= 11 is 0. The molecule has 9 heteroatoms. The summed E-state index contributed by atoms with van der Waals surface area (Å²) in [6.07, 6.45) is -4.17. The molecular formula is C13H19NO8. The van der Waals surface area contributed by atoms with Crippen LogP contribution in [0.4, 0.5) is 0 Å². The van der Waals surface area contributed by atoms with Gasteiger partial charge >= 0.3 is 17.9 Å². The van der Waals surface area contributed by atoms with Gasteiger partial charge in [0.15, 0.2) is 24.6 Å². The first-order valence-corrected chi connectivity index (χ1v) is 6.81. The van der Waals surface area contributed by atoms with E-state index in [1.54, 1.807) is 7.05 Å². The molecular weight excluding hydrogens is 298 g/mol. The number of aliphatic hydroxyl groups excluding tert-OH is 1. The average Bonchev–Trinajstić information content (AvgIpc) is 2.78. The van der Waals surface area contributed by atoms with Gasteiger partial charge in [-0.2, -0.15) is 5.06 Å². The number of hydrogen-bond acceptors (Lipinski definition) is 9. The standard InChI is InChI=1S/C13H19NO8/c1-5(15)19-10-8-9(14(4)22-13(8)18)11(20-6(2)16)12(10)21-7(3)17/h8-13,18H,1-4H3/t8-,9+,10+,11-,12-,13+/m0/s1. The van der Waals surface area contributed by atoms with Crippen molar-refractivity contribution in [2.24, 2.45) is 5.92 Å². The number of carbonyl (C=O) groups is 3. The van der Waals surface area contributed by atoms with E-state index in [-0.39, 0.29) is 0 Å². The van der Waals surface area contributed by atoms with E-state index < -0.39 is 54.5 Å². The molecule has 2 fully saturated rings. The molecule has 0 spiro atoms. The maximum Gasteiger partial charge on any atom is 0.303 e. The van der Waals surface area contributed by atoms with Crippen molar-refractivity contribution < 1.29 is 38.5 Å². The Kier molecular flexibility index (Phi) is 4.69. The fourth-order valence-electron chi connectivity index (χ4n) is 3.10. The summed E-state index contributed by atoms with van der Waals surface area (Å²) in [7, 11) is 1.55. The first kappa shape index (κ1) is 16.7. The predicted octanol–water partition coefficient (Wildman–Crippen LogP) is -1.02. The molecule has 0 aromatic rings. The van der Waals surface area contributed by atoms with Gasteiger partial charge in [-0.25, -0.2) is 0 Å². The Morgan fingerprint density at radius 2 is 1.36 bits per heavy atom. The van der Waals surface area contributed by atoms with Crippen LogP contribution in [-0.4, -0.2) is 65.8 Å². The molecule has 0 bridgehead atoms. The molecule has 0 aromatic carbocycles. The van der Waals surface area contributed by atoms with E-state index >= 15 is 0 Å². The predicted molar refractivity (Wildman–Crippen MR) is 68.8 cm³/mol. The van der Waals surface area contributed by atoms with E-state index in [1.165, 1.54) is 25.8 Å². The number of nitrogens with zero attached hydrogens (tertiary/aromatic N) is 1. The number of fused-ring (bicyclic) bond motifs is 1. The monoisotopic (exact) mass is 317 g/mol. The Labute approximate surface area is 127 Å². The van der Waals surface area contributed by atoms with Crippen molar-refractivity contribution in [3.8, 4) is 0 Å². The highest BCUT2D eigenvalue weighted by Gasteiger charge is 2.64. The van der Waals surface area contributed by atoms with E-state index in [9.17, 15) is 19.5 Å². The van der Waals surface area contributed by atoms with Crippen LogP contribution in [0.25, 0.3) is 0 Å². The van der Waals surface area contributed by atoms with E-state index in [1.807, 2.05) is 0 Å². The Bertz CT molecular complexity index is 447. The number of aliphatic hydroxyl groups is 1. The molecule has 0 radical (unpaired) electrons. The maximum absolute atomic E-state index is 11.3. The minimum atomic E-state index is -1.27. The molecule has 2 aliphatic rings. The molecule has 0 amide bonds. The lowest BCUT2D eigenvalue weighted by molar-refractivity contribution is -0.239. The first-order chi connectivity index (χ1) is 10.2. The Morgan fingerprint density at radius 1 is 0.909 bits per heavy atom. The third-order valence-corrected chi connectivity index (χ3v) is 3.69. The summed E-state index contributed by atoms with van der Waals surface area (Å²) in [5.74, 6) is -2.51. The first-order valence-electron chi connectivity index (χ1n) is 6.81. The Hall–Kier alpha value is -1.71. The van der Waals surface area contributed by atoms with Gasteiger partial charge in [0.25, 0.3) is 0 Å². The highest BCUT2D eigenvalue weighted by Crippen LogP contribution is 2.43. The molecule has 6 atom stereocenters. The largest absolute Gasteiger partial charge is 0.458 e. The van der Waals surface area contributed by atoms with Gasteiger partial charge in [0.2, 0.25) is 0 Å². The number of hydroxylamine groups is 2. The quantitative estimate of drug-likeness (QED) is 0.516. The van der Waals surface area contributed by atoms with E-state index in [2.05, 4.69) is 0 Å². The topological polar surface area (TPSA) is 112 Å². The second-order valence-electron chi connectivity index (χ2n) is 5.33. The molecule has 0 aromatic heterocycles. The van der Waals surface area contributed by atoms with Crippen LogP contribution < -0.4 is 0 Å². The lowest BCUT2D eigenvalue weighted by atomic mass is 10.0. The van der Waals surface area contributed by atoms with Crippen LogP contribution in [-0.2, 0) is 33.4 Å². The van der Waals surface area contributed by atoms with Crippen molar-refractivity contribution >= 4 is 17.9 Å². The van der Waals surface area contributed by atoms with Gasteiger partial charge in [0, 0.05) is 27.8 Å². The second kappa shape index (κ2) is 6.19. The van der Waals surface area contributed by atoms with Gasteiger partial charge in [-0.1, -0.05) is 0 Å². The van der Waals surface area contributed by atoms with E-state index in [0.717, 1.165) is 0 Å². The lowest BCUT2D eigenvalue weighted by Gasteiger charge is -2.28. The van der Waals surface area contributed by atoms with Gasteiger partial charge in [0.1, 0.15) is 0 Å². The zero-order valence-corrected chi connectivity index (χ0v) is 12.7. The fraction of sp³-hybridized carbons (Fsp3) is 0.769. The lowest BCUT2D eigenvalue weighted by Crippen LogP contribution is -2.45. The van der Waals surface area contributed by atoms with Crippen LogP contribution in [0.15, 0.2) is 0 Å². The zero-order valence-electron chi connectivity index (χ0n) is 12.7. The van der Waals surface area contributed by atoms with Crippen LogP contribution in [0.2, 0.25) is 0 Å². The normalized spacial score (nSPS) is 37.5. The van der Waals surface area contributed by atoms with Gasteiger partial charge in [-0.3, -0.25) is 19.2 Å². The molecule has 1 saturated heterocycles.